The van der Waals surface area contributed by atoms with Gasteiger partial charge in [-0.1, -0.05) is 6.42 Å². The number of rotatable bonds is 4. The number of nitrogens with one attached hydrogen (secondary N) is 1. The zero-order valence-electron chi connectivity index (χ0n) is 13.8. The molecule has 1 aliphatic heterocycles. The minimum absolute atomic E-state index is 0.271. The lowest BCUT2D eigenvalue weighted by Crippen LogP contribution is -2.46. The zero-order valence-corrected chi connectivity index (χ0v) is 13.8. The van der Waals surface area contributed by atoms with Crippen LogP contribution in [0.4, 0.5) is 0 Å². The minimum atomic E-state index is 0.271. The second-order valence-electron chi connectivity index (χ2n) is 8.83. The molecule has 2 heteroatoms. The normalized spacial score (nSPS) is 38.5. The first-order valence-corrected chi connectivity index (χ1v) is 8.97. The molecule has 0 aromatic carbocycles. The highest BCUT2D eigenvalue weighted by molar-refractivity contribution is 4.92. The molecule has 0 aromatic rings. The van der Waals surface area contributed by atoms with Gasteiger partial charge in [-0.2, -0.15) is 0 Å². The van der Waals surface area contributed by atoms with Crippen molar-refractivity contribution >= 4 is 0 Å². The largest absolute Gasteiger partial charge is 0.312 e. The molecule has 0 radical (unpaired) electrons. The Kier molecular flexibility index (Phi) is 4.42. The van der Waals surface area contributed by atoms with E-state index in [2.05, 4.69) is 31.0 Å². The van der Waals surface area contributed by atoms with Gasteiger partial charge in [-0.15, -0.1) is 0 Å². The van der Waals surface area contributed by atoms with Crippen LogP contribution in [0.5, 0.6) is 0 Å². The molecule has 3 rings (SSSR count). The summed E-state index contributed by atoms with van der Waals surface area (Å²) in [6, 6.07) is 0. The van der Waals surface area contributed by atoms with E-state index >= 15 is 0 Å². The lowest BCUT2D eigenvalue weighted by atomic mass is 9.87. The van der Waals surface area contributed by atoms with Gasteiger partial charge in [0, 0.05) is 18.6 Å². The summed E-state index contributed by atoms with van der Waals surface area (Å²) in [6.45, 7) is 12.2. The summed E-state index contributed by atoms with van der Waals surface area (Å²) in [5, 5.41) is 3.71. The molecule has 20 heavy (non-hydrogen) atoms. The Morgan fingerprint density at radius 2 is 1.95 bits per heavy atom. The van der Waals surface area contributed by atoms with Crippen LogP contribution in [0.3, 0.4) is 0 Å². The number of fused-ring (bicyclic) bond motifs is 2. The Labute approximate surface area is 125 Å². The second kappa shape index (κ2) is 5.96. The van der Waals surface area contributed by atoms with Crippen LogP contribution in [-0.4, -0.2) is 36.6 Å². The summed E-state index contributed by atoms with van der Waals surface area (Å²) in [7, 11) is 0. The van der Waals surface area contributed by atoms with Crippen LogP contribution in [0.1, 0.15) is 59.3 Å². The van der Waals surface area contributed by atoms with E-state index in [1.54, 1.807) is 19.3 Å². The molecule has 2 saturated carbocycles. The van der Waals surface area contributed by atoms with E-state index in [1.165, 1.54) is 45.4 Å². The molecular weight excluding hydrogens is 244 g/mol. The molecule has 1 heterocycles. The Morgan fingerprint density at radius 3 is 2.60 bits per heavy atom. The van der Waals surface area contributed by atoms with Crippen molar-refractivity contribution in [2.45, 2.75) is 64.8 Å². The summed E-state index contributed by atoms with van der Waals surface area (Å²) in [5.74, 6) is 4.12. The standard InChI is InChI=1S/C18H34N2/c1-18(2,3)19-11-15-5-4-8-20(12-15)13-17-10-14-6-7-16(17)9-14/h14-17,19H,4-13H2,1-3H3. The number of nitrogens with zero attached hydrogens (tertiary/aromatic N) is 1. The van der Waals surface area contributed by atoms with Crippen LogP contribution in [0, 0.1) is 23.7 Å². The Balaban J connectivity index is 1.44. The average Bonchev–Trinajstić information content (AvgIpc) is 2.98. The lowest BCUT2D eigenvalue weighted by Gasteiger charge is -2.37. The smallest absolute Gasteiger partial charge is 0.00966 e. The van der Waals surface area contributed by atoms with Crippen LogP contribution in [0.15, 0.2) is 0 Å². The highest BCUT2D eigenvalue weighted by Gasteiger charge is 2.40. The van der Waals surface area contributed by atoms with Crippen LogP contribution < -0.4 is 5.32 Å². The zero-order chi connectivity index (χ0) is 14.2. The van der Waals surface area contributed by atoms with Crippen LogP contribution >= 0.6 is 0 Å². The topological polar surface area (TPSA) is 15.3 Å². The van der Waals surface area contributed by atoms with Crippen molar-refractivity contribution in [3.05, 3.63) is 0 Å². The lowest BCUT2D eigenvalue weighted by molar-refractivity contribution is 0.127. The SMILES string of the molecule is CC(C)(C)NCC1CCCN(CC2CC3CCC2C3)C1. The second-order valence-corrected chi connectivity index (χ2v) is 8.83. The van der Waals surface area contributed by atoms with Crippen molar-refractivity contribution in [3.8, 4) is 0 Å². The van der Waals surface area contributed by atoms with E-state index in [4.69, 9.17) is 0 Å². The summed E-state index contributed by atoms with van der Waals surface area (Å²) >= 11 is 0. The number of hydrogen-bond acceptors (Lipinski definition) is 2. The van der Waals surface area contributed by atoms with Gasteiger partial charge in [0.1, 0.15) is 0 Å². The van der Waals surface area contributed by atoms with Gasteiger partial charge in [-0.25, -0.2) is 0 Å². The van der Waals surface area contributed by atoms with E-state index in [0.717, 1.165) is 23.7 Å². The van der Waals surface area contributed by atoms with Crippen molar-refractivity contribution in [1.82, 2.24) is 10.2 Å². The first kappa shape index (κ1) is 14.8. The molecule has 2 nitrogen and oxygen atoms in total. The molecule has 4 unspecified atom stereocenters. The molecule has 0 aromatic heterocycles. The monoisotopic (exact) mass is 278 g/mol. The molecule has 1 N–H and O–H groups in total. The minimum Gasteiger partial charge on any atom is -0.312 e. The van der Waals surface area contributed by atoms with Gasteiger partial charge in [0.15, 0.2) is 0 Å². The third-order valence-electron chi connectivity index (χ3n) is 5.90. The highest BCUT2D eigenvalue weighted by Crippen LogP contribution is 2.48. The van der Waals surface area contributed by atoms with E-state index in [0.29, 0.717) is 0 Å². The molecule has 4 atom stereocenters. The maximum absolute atomic E-state index is 3.71. The van der Waals surface area contributed by atoms with Crippen LogP contribution in [0.2, 0.25) is 0 Å². The number of piperidine rings is 1. The summed E-state index contributed by atoms with van der Waals surface area (Å²) in [5.41, 5.74) is 0.271. The van der Waals surface area contributed by atoms with Crippen molar-refractivity contribution in [2.75, 3.05) is 26.2 Å². The molecule has 2 bridgehead atoms. The fraction of sp³-hybridized carbons (Fsp3) is 1.00. The Hall–Kier alpha value is -0.0800. The van der Waals surface area contributed by atoms with Gasteiger partial charge in [-0.05, 0) is 89.6 Å². The summed E-state index contributed by atoms with van der Waals surface area (Å²) in [6.07, 6.45) is 9.03. The van der Waals surface area contributed by atoms with E-state index in [-0.39, 0.29) is 5.54 Å². The van der Waals surface area contributed by atoms with Crippen molar-refractivity contribution in [1.29, 1.82) is 0 Å². The number of hydrogen-bond donors (Lipinski definition) is 1. The van der Waals surface area contributed by atoms with Gasteiger partial charge in [0.25, 0.3) is 0 Å². The molecule has 116 valence electrons. The van der Waals surface area contributed by atoms with Crippen molar-refractivity contribution < 1.29 is 0 Å². The quantitative estimate of drug-likeness (QED) is 0.846. The Morgan fingerprint density at radius 1 is 1.10 bits per heavy atom. The molecule has 1 saturated heterocycles. The van der Waals surface area contributed by atoms with Crippen LogP contribution in [-0.2, 0) is 0 Å². The molecule has 2 aliphatic carbocycles. The van der Waals surface area contributed by atoms with Crippen LogP contribution in [0.25, 0.3) is 0 Å². The van der Waals surface area contributed by atoms with Crippen molar-refractivity contribution in [3.63, 3.8) is 0 Å². The predicted molar refractivity (Wildman–Crippen MR) is 85.9 cm³/mol. The highest BCUT2D eigenvalue weighted by atomic mass is 15.1. The summed E-state index contributed by atoms with van der Waals surface area (Å²) < 4.78 is 0. The average molecular weight is 278 g/mol. The third kappa shape index (κ3) is 3.76. The number of likely N-dealkylation sites (tertiary alicyclic amines) is 1. The fourth-order valence-corrected chi connectivity index (χ4v) is 4.87. The fourth-order valence-electron chi connectivity index (χ4n) is 4.87. The van der Waals surface area contributed by atoms with Gasteiger partial charge < -0.3 is 10.2 Å². The predicted octanol–water partition coefficient (Wildman–Crippen LogP) is 3.52. The molecule has 3 fully saturated rings. The maximum Gasteiger partial charge on any atom is 0.00966 e. The van der Waals surface area contributed by atoms with Gasteiger partial charge in [0.2, 0.25) is 0 Å². The molecule has 0 amide bonds. The Bertz CT molecular complexity index is 320. The van der Waals surface area contributed by atoms with Crippen molar-refractivity contribution in [2.24, 2.45) is 23.7 Å². The van der Waals surface area contributed by atoms with Gasteiger partial charge in [-0.3, -0.25) is 0 Å². The van der Waals surface area contributed by atoms with E-state index < -0.39 is 0 Å². The molecule has 0 spiro atoms. The molecule has 3 aliphatic rings. The first-order chi connectivity index (χ1) is 9.49. The summed E-state index contributed by atoms with van der Waals surface area (Å²) in [4.78, 5) is 2.80. The van der Waals surface area contributed by atoms with Gasteiger partial charge >= 0.3 is 0 Å². The van der Waals surface area contributed by atoms with E-state index in [1.807, 2.05) is 0 Å². The first-order valence-electron chi connectivity index (χ1n) is 8.97. The third-order valence-corrected chi connectivity index (χ3v) is 5.90. The van der Waals surface area contributed by atoms with E-state index in [9.17, 15) is 0 Å². The van der Waals surface area contributed by atoms with Gasteiger partial charge in [0.05, 0.1) is 0 Å². The molecular formula is C18H34N2. The maximum atomic E-state index is 3.71.